The molecule has 2 heterocycles. The Morgan fingerprint density at radius 2 is 1.90 bits per heavy atom. The van der Waals surface area contributed by atoms with Crippen LogP contribution in [0.15, 0.2) is 34.4 Å². The maximum Gasteiger partial charge on any atom is 0.473 e. The van der Waals surface area contributed by atoms with Gasteiger partial charge >= 0.3 is 12.1 Å². The fraction of sp³-hybridized carbons (Fsp3) is 0.400. The van der Waals surface area contributed by atoms with E-state index in [0.717, 1.165) is 11.3 Å². The number of benzene rings is 1. The van der Waals surface area contributed by atoms with Crippen molar-refractivity contribution in [2.45, 2.75) is 50.5 Å². The van der Waals surface area contributed by atoms with E-state index in [1.54, 1.807) is 12.1 Å². The number of fused-ring (bicyclic) bond motifs is 1. The van der Waals surface area contributed by atoms with Gasteiger partial charge in [0.05, 0.1) is 5.69 Å². The van der Waals surface area contributed by atoms with Crippen LogP contribution in [0.3, 0.4) is 0 Å². The van der Waals surface area contributed by atoms with Crippen LogP contribution >= 0.6 is 11.8 Å². The Bertz CT molecular complexity index is 1060. The first-order valence-electron chi connectivity index (χ1n) is 8.97. The molecule has 3 rings (SSSR count). The van der Waals surface area contributed by atoms with Crippen molar-refractivity contribution in [2.75, 3.05) is 5.75 Å². The third-order valence-corrected chi connectivity index (χ3v) is 5.56. The number of halogens is 3. The highest BCUT2D eigenvalue weighted by atomic mass is 32.2. The minimum atomic E-state index is -5.11. The fourth-order valence-corrected chi connectivity index (χ4v) is 3.90. The van der Waals surface area contributed by atoms with Crippen LogP contribution in [0.1, 0.15) is 38.3 Å². The van der Waals surface area contributed by atoms with Gasteiger partial charge in [0.1, 0.15) is 11.6 Å². The number of carbonyl (C=O) groups excluding carboxylic acids is 1. The zero-order valence-corrected chi connectivity index (χ0v) is 17.0. The quantitative estimate of drug-likeness (QED) is 0.648. The van der Waals surface area contributed by atoms with Crippen LogP contribution in [-0.2, 0) is 16.8 Å². The smallest absolute Gasteiger partial charge is 0.304 e. The maximum atomic E-state index is 12.8. The molecule has 152 valence electrons. The Balaban J connectivity index is 2.27. The van der Waals surface area contributed by atoms with Crippen molar-refractivity contribution in [3.63, 3.8) is 0 Å². The molecule has 29 heavy (non-hydrogen) atoms. The molecule has 1 amide bonds. The Morgan fingerprint density at radius 3 is 2.45 bits per heavy atom. The standard InChI is InChI=1S/C20H19F3N4OS/c1-19(2,3)13-7-5-12(6-8-13)15-14(11-24)16(26-17(28)20(21,22)23)27-9-4-10-29-18(27)25-15/h5-8H,4,9-10H2,1-3H3/b26-16-. The molecule has 5 nitrogen and oxygen atoms in total. The van der Waals surface area contributed by atoms with Gasteiger partial charge in [-0.2, -0.15) is 23.4 Å². The van der Waals surface area contributed by atoms with Gasteiger partial charge in [-0.1, -0.05) is 56.8 Å². The summed E-state index contributed by atoms with van der Waals surface area (Å²) < 4.78 is 39.9. The van der Waals surface area contributed by atoms with Gasteiger partial charge < -0.3 is 4.57 Å². The number of amides is 1. The second-order valence-corrected chi connectivity index (χ2v) is 8.71. The fourth-order valence-electron chi connectivity index (χ4n) is 2.96. The van der Waals surface area contributed by atoms with E-state index in [1.165, 1.54) is 16.3 Å². The Kier molecular flexibility index (Phi) is 5.59. The number of hydrogen-bond acceptors (Lipinski definition) is 4. The summed E-state index contributed by atoms with van der Waals surface area (Å²) in [6.45, 7) is 6.53. The van der Waals surface area contributed by atoms with Crippen LogP contribution in [-0.4, -0.2) is 27.4 Å². The molecule has 0 atom stereocenters. The van der Waals surface area contributed by atoms with Crippen molar-refractivity contribution >= 4 is 17.7 Å². The predicted octanol–water partition coefficient (Wildman–Crippen LogP) is 4.20. The van der Waals surface area contributed by atoms with Gasteiger partial charge in [-0.3, -0.25) is 4.79 Å². The molecule has 0 saturated carbocycles. The second-order valence-electron chi connectivity index (χ2n) is 7.65. The second kappa shape index (κ2) is 7.67. The number of hydrogen-bond donors (Lipinski definition) is 0. The summed E-state index contributed by atoms with van der Waals surface area (Å²) in [6.07, 6.45) is -4.43. The van der Waals surface area contributed by atoms with Gasteiger partial charge in [0.15, 0.2) is 10.6 Å². The van der Waals surface area contributed by atoms with Crippen molar-refractivity contribution in [3.05, 3.63) is 40.9 Å². The largest absolute Gasteiger partial charge is 0.473 e. The molecule has 0 N–H and O–H groups in total. The average molecular weight is 420 g/mol. The summed E-state index contributed by atoms with van der Waals surface area (Å²) in [6, 6.07) is 9.27. The lowest BCUT2D eigenvalue weighted by atomic mass is 9.86. The van der Waals surface area contributed by atoms with Gasteiger partial charge in [0, 0.05) is 17.9 Å². The minimum Gasteiger partial charge on any atom is -0.304 e. The van der Waals surface area contributed by atoms with E-state index in [4.69, 9.17) is 0 Å². The number of rotatable bonds is 1. The van der Waals surface area contributed by atoms with Crippen molar-refractivity contribution < 1.29 is 18.0 Å². The van der Waals surface area contributed by atoms with Crippen molar-refractivity contribution in [1.82, 2.24) is 9.55 Å². The highest BCUT2D eigenvalue weighted by Crippen LogP contribution is 2.29. The number of carbonyl (C=O) groups is 1. The summed E-state index contributed by atoms with van der Waals surface area (Å²) >= 11 is 1.36. The molecular weight excluding hydrogens is 401 g/mol. The summed E-state index contributed by atoms with van der Waals surface area (Å²) in [4.78, 5) is 19.4. The molecule has 0 radical (unpaired) electrons. The molecule has 1 aliphatic rings. The molecule has 0 fully saturated rings. The number of alkyl halides is 3. The molecule has 0 unspecified atom stereocenters. The van der Waals surface area contributed by atoms with E-state index in [0.29, 0.717) is 23.7 Å². The third kappa shape index (κ3) is 4.37. The monoisotopic (exact) mass is 420 g/mol. The first kappa shape index (κ1) is 21.1. The lowest BCUT2D eigenvalue weighted by Crippen LogP contribution is -2.33. The molecule has 0 aliphatic carbocycles. The summed E-state index contributed by atoms with van der Waals surface area (Å²) in [5, 5.41) is 10.1. The van der Waals surface area contributed by atoms with E-state index in [1.807, 2.05) is 18.2 Å². The third-order valence-electron chi connectivity index (χ3n) is 4.50. The van der Waals surface area contributed by atoms with Crippen molar-refractivity contribution in [2.24, 2.45) is 4.99 Å². The molecule has 1 aromatic carbocycles. The van der Waals surface area contributed by atoms with Crippen LogP contribution in [0.4, 0.5) is 13.2 Å². The topological polar surface area (TPSA) is 71.0 Å². The molecule has 1 aromatic heterocycles. The van der Waals surface area contributed by atoms with Gasteiger partial charge in [0.25, 0.3) is 0 Å². The molecule has 0 saturated heterocycles. The van der Waals surface area contributed by atoms with Crippen LogP contribution in [0.5, 0.6) is 0 Å². The van der Waals surface area contributed by atoms with Crippen LogP contribution in [0.25, 0.3) is 11.3 Å². The highest BCUT2D eigenvalue weighted by molar-refractivity contribution is 7.99. The van der Waals surface area contributed by atoms with E-state index >= 15 is 0 Å². The van der Waals surface area contributed by atoms with Crippen molar-refractivity contribution in [1.29, 1.82) is 5.26 Å². The first-order valence-corrected chi connectivity index (χ1v) is 9.95. The SMILES string of the molecule is CC(C)(C)c1ccc(-c2nc3n(/c(=N\C(=O)C(F)(F)F)c2C#N)CCCS3)cc1. The lowest BCUT2D eigenvalue weighted by Gasteiger charge is -2.21. The molecule has 0 spiro atoms. The Labute approximate surface area is 170 Å². The van der Waals surface area contributed by atoms with E-state index < -0.39 is 12.1 Å². The normalized spacial score (nSPS) is 15.0. The molecule has 0 bridgehead atoms. The zero-order chi connectivity index (χ0) is 21.4. The first-order chi connectivity index (χ1) is 13.5. The number of nitriles is 1. The highest BCUT2D eigenvalue weighted by Gasteiger charge is 2.39. The minimum absolute atomic E-state index is 0.0782. The number of thioether (sulfide) groups is 1. The van der Waals surface area contributed by atoms with Gasteiger partial charge in [-0.15, -0.1) is 0 Å². The molecule has 9 heteroatoms. The summed E-state index contributed by atoms with van der Waals surface area (Å²) in [5.74, 6) is -1.49. The average Bonchev–Trinajstić information content (AvgIpc) is 2.66. The van der Waals surface area contributed by atoms with E-state index in [2.05, 4.69) is 30.7 Å². The molecular formula is C20H19F3N4OS. The molecule has 1 aliphatic heterocycles. The van der Waals surface area contributed by atoms with Gasteiger partial charge in [-0.25, -0.2) is 4.98 Å². The predicted molar refractivity (Wildman–Crippen MR) is 103 cm³/mol. The van der Waals surface area contributed by atoms with E-state index in [9.17, 15) is 23.2 Å². The number of nitrogens with zero attached hydrogens (tertiary/aromatic N) is 4. The molecule has 2 aromatic rings. The maximum absolute atomic E-state index is 12.8. The lowest BCUT2D eigenvalue weighted by molar-refractivity contribution is -0.169. The Hall–Kier alpha value is -2.60. The zero-order valence-electron chi connectivity index (χ0n) is 16.2. The number of aromatic nitrogens is 2. The summed E-state index contributed by atoms with van der Waals surface area (Å²) in [7, 11) is 0. The van der Waals surface area contributed by atoms with Crippen LogP contribution < -0.4 is 5.49 Å². The summed E-state index contributed by atoms with van der Waals surface area (Å²) in [5.41, 5.74) is 1.37. The Morgan fingerprint density at radius 1 is 1.24 bits per heavy atom. The van der Waals surface area contributed by atoms with Gasteiger partial charge in [0.2, 0.25) is 0 Å². The van der Waals surface area contributed by atoms with Crippen LogP contribution in [0, 0.1) is 11.3 Å². The van der Waals surface area contributed by atoms with Gasteiger partial charge in [-0.05, 0) is 17.4 Å². The van der Waals surface area contributed by atoms with Crippen LogP contribution in [0.2, 0.25) is 0 Å². The van der Waals surface area contributed by atoms with Crippen molar-refractivity contribution in [3.8, 4) is 17.3 Å². The van der Waals surface area contributed by atoms with E-state index in [-0.39, 0.29) is 22.2 Å².